The zero-order valence-corrected chi connectivity index (χ0v) is 19.0. The Labute approximate surface area is 195 Å². The molecular weight excluding hydrogens is 438 g/mol. The first-order chi connectivity index (χ1) is 16.2. The number of rotatable bonds is 7. The number of methoxy groups -OCH3 is 1. The number of aromatic nitrogens is 3. The standard InChI is InChI=1S/C24H25N5O3S/c1-31-20-9-15(11-26-22-13-25-12-17(27-22)16-5-3-2-4-6-16)10-21-23(20)29-24(33-21)28-18-14-32-8-7-19(18)30/h2-6,9-10,12-13,18-19,30H,7-8,11,14H2,1H3,(H,26,27)(H,28,29)/t18-,19-/m0/s1. The fraction of sp³-hybridized carbons (Fsp3) is 0.292. The Kier molecular flexibility index (Phi) is 6.34. The summed E-state index contributed by atoms with van der Waals surface area (Å²) in [5, 5.41) is 17.6. The summed E-state index contributed by atoms with van der Waals surface area (Å²) in [6, 6.07) is 13.9. The number of nitrogens with zero attached hydrogens (tertiary/aromatic N) is 3. The monoisotopic (exact) mass is 463 g/mol. The van der Waals surface area contributed by atoms with Gasteiger partial charge in [0.25, 0.3) is 0 Å². The fourth-order valence-electron chi connectivity index (χ4n) is 3.79. The van der Waals surface area contributed by atoms with Gasteiger partial charge in [0.05, 0.1) is 48.7 Å². The van der Waals surface area contributed by atoms with Gasteiger partial charge in [0.1, 0.15) is 17.1 Å². The van der Waals surface area contributed by atoms with Crippen molar-refractivity contribution >= 4 is 32.5 Å². The first-order valence-corrected chi connectivity index (χ1v) is 11.6. The summed E-state index contributed by atoms with van der Waals surface area (Å²) >= 11 is 1.53. The average molecular weight is 464 g/mol. The lowest BCUT2D eigenvalue weighted by atomic mass is 10.1. The molecule has 4 aromatic rings. The first kappa shape index (κ1) is 21.6. The second-order valence-electron chi connectivity index (χ2n) is 7.85. The lowest BCUT2D eigenvalue weighted by Crippen LogP contribution is -2.42. The van der Waals surface area contributed by atoms with Crippen molar-refractivity contribution in [1.82, 2.24) is 15.0 Å². The number of nitrogens with one attached hydrogen (secondary N) is 2. The molecule has 1 fully saturated rings. The maximum Gasteiger partial charge on any atom is 0.184 e. The molecule has 5 rings (SSSR count). The van der Waals surface area contributed by atoms with Crippen molar-refractivity contribution in [2.24, 2.45) is 0 Å². The molecule has 1 aliphatic rings. The molecule has 0 radical (unpaired) electrons. The number of benzene rings is 2. The molecule has 9 heteroatoms. The lowest BCUT2D eigenvalue weighted by Gasteiger charge is -2.28. The van der Waals surface area contributed by atoms with E-state index in [0.717, 1.165) is 32.2 Å². The largest absolute Gasteiger partial charge is 0.494 e. The highest BCUT2D eigenvalue weighted by molar-refractivity contribution is 7.22. The molecule has 2 aromatic heterocycles. The Bertz CT molecular complexity index is 1230. The molecule has 1 saturated heterocycles. The molecule has 3 heterocycles. The molecular formula is C24H25N5O3S. The predicted octanol–water partition coefficient (Wildman–Crippen LogP) is 3.94. The number of aliphatic hydroxyl groups excluding tert-OH is 1. The Morgan fingerprint density at radius 2 is 2.06 bits per heavy atom. The third kappa shape index (κ3) is 4.90. The van der Waals surface area contributed by atoms with Gasteiger partial charge in [-0.15, -0.1) is 0 Å². The molecule has 8 nitrogen and oxygen atoms in total. The van der Waals surface area contributed by atoms with E-state index in [-0.39, 0.29) is 6.04 Å². The summed E-state index contributed by atoms with van der Waals surface area (Å²) in [7, 11) is 1.64. The normalized spacial score (nSPS) is 18.2. The summed E-state index contributed by atoms with van der Waals surface area (Å²) < 4.78 is 12.1. The van der Waals surface area contributed by atoms with Crippen LogP contribution in [0.5, 0.6) is 5.75 Å². The van der Waals surface area contributed by atoms with Gasteiger partial charge in [-0.1, -0.05) is 41.7 Å². The minimum absolute atomic E-state index is 0.165. The Morgan fingerprint density at radius 1 is 1.18 bits per heavy atom. The SMILES string of the molecule is COc1cc(CNc2cncc(-c3ccccc3)n2)cc2sc(N[C@H]3COCC[C@@H]3O)nc12. The average Bonchev–Trinajstić information content (AvgIpc) is 3.27. The molecule has 0 bridgehead atoms. The van der Waals surface area contributed by atoms with Crippen LogP contribution in [0, 0.1) is 0 Å². The highest BCUT2D eigenvalue weighted by atomic mass is 32.1. The maximum atomic E-state index is 10.2. The summed E-state index contributed by atoms with van der Waals surface area (Å²) in [6.45, 7) is 1.61. The van der Waals surface area contributed by atoms with Gasteiger partial charge < -0.3 is 25.2 Å². The van der Waals surface area contributed by atoms with Crippen molar-refractivity contribution in [2.75, 3.05) is 31.0 Å². The van der Waals surface area contributed by atoms with Crippen LogP contribution < -0.4 is 15.4 Å². The Balaban J connectivity index is 1.33. The van der Waals surface area contributed by atoms with Gasteiger partial charge in [0, 0.05) is 18.7 Å². The number of ether oxygens (including phenoxy) is 2. The smallest absolute Gasteiger partial charge is 0.184 e. The predicted molar refractivity (Wildman–Crippen MR) is 130 cm³/mol. The quantitative estimate of drug-likeness (QED) is 0.379. The summed E-state index contributed by atoms with van der Waals surface area (Å²) in [5.74, 6) is 1.41. The van der Waals surface area contributed by atoms with Crippen LogP contribution in [0.2, 0.25) is 0 Å². The molecule has 0 aliphatic carbocycles. The van der Waals surface area contributed by atoms with Crippen molar-refractivity contribution in [3.8, 4) is 17.0 Å². The van der Waals surface area contributed by atoms with Crippen LogP contribution in [-0.2, 0) is 11.3 Å². The highest BCUT2D eigenvalue weighted by Gasteiger charge is 2.24. The van der Waals surface area contributed by atoms with Crippen molar-refractivity contribution in [3.63, 3.8) is 0 Å². The number of thiazole rings is 1. The maximum absolute atomic E-state index is 10.2. The number of hydrogen-bond acceptors (Lipinski definition) is 9. The number of fused-ring (bicyclic) bond motifs is 1. The molecule has 0 unspecified atom stereocenters. The van der Waals surface area contributed by atoms with E-state index >= 15 is 0 Å². The summed E-state index contributed by atoms with van der Waals surface area (Å²) in [6.07, 6.45) is 3.65. The highest BCUT2D eigenvalue weighted by Crippen LogP contribution is 2.34. The molecule has 3 N–H and O–H groups in total. The zero-order chi connectivity index (χ0) is 22.6. The van der Waals surface area contributed by atoms with Gasteiger partial charge in [-0.2, -0.15) is 0 Å². The van der Waals surface area contributed by atoms with Gasteiger partial charge in [-0.3, -0.25) is 4.98 Å². The number of aliphatic hydroxyl groups is 1. The van der Waals surface area contributed by atoms with Crippen LogP contribution in [0.25, 0.3) is 21.5 Å². The minimum atomic E-state index is -0.444. The van der Waals surface area contributed by atoms with Gasteiger partial charge in [-0.25, -0.2) is 9.97 Å². The van der Waals surface area contributed by atoms with Crippen molar-refractivity contribution < 1.29 is 14.6 Å². The van der Waals surface area contributed by atoms with Crippen LogP contribution >= 0.6 is 11.3 Å². The van der Waals surface area contributed by atoms with Gasteiger partial charge >= 0.3 is 0 Å². The second kappa shape index (κ2) is 9.70. The van der Waals surface area contributed by atoms with E-state index in [1.807, 2.05) is 36.4 Å². The van der Waals surface area contributed by atoms with Gasteiger partial charge in [0.15, 0.2) is 5.13 Å². The van der Waals surface area contributed by atoms with E-state index in [4.69, 9.17) is 9.47 Å². The fourth-order valence-corrected chi connectivity index (χ4v) is 4.80. The van der Waals surface area contributed by atoms with Crippen LogP contribution in [-0.4, -0.2) is 52.5 Å². The molecule has 2 aromatic carbocycles. The Morgan fingerprint density at radius 3 is 2.88 bits per heavy atom. The third-order valence-electron chi connectivity index (χ3n) is 5.55. The van der Waals surface area contributed by atoms with E-state index in [1.54, 1.807) is 19.5 Å². The summed E-state index contributed by atoms with van der Waals surface area (Å²) in [5.41, 5.74) is 3.68. The molecule has 2 atom stereocenters. The molecule has 0 spiro atoms. The zero-order valence-electron chi connectivity index (χ0n) is 18.2. The van der Waals surface area contributed by atoms with Gasteiger partial charge in [0.2, 0.25) is 0 Å². The van der Waals surface area contributed by atoms with E-state index < -0.39 is 6.10 Å². The topological polar surface area (TPSA) is 101 Å². The van der Waals surface area contributed by atoms with Crippen LogP contribution in [0.4, 0.5) is 10.9 Å². The molecule has 0 saturated carbocycles. The molecule has 0 amide bonds. The molecule has 170 valence electrons. The molecule has 1 aliphatic heterocycles. The number of anilines is 2. The van der Waals surface area contributed by atoms with Crippen LogP contribution in [0.3, 0.4) is 0 Å². The van der Waals surface area contributed by atoms with Crippen molar-refractivity contribution in [2.45, 2.75) is 25.1 Å². The van der Waals surface area contributed by atoms with Crippen LogP contribution in [0.15, 0.2) is 54.9 Å². The third-order valence-corrected chi connectivity index (χ3v) is 6.48. The van der Waals surface area contributed by atoms with Crippen molar-refractivity contribution in [1.29, 1.82) is 0 Å². The second-order valence-corrected chi connectivity index (χ2v) is 8.89. The molecule has 33 heavy (non-hydrogen) atoms. The van der Waals surface area contributed by atoms with E-state index in [0.29, 0.717) is 37.7 Å². The lowest BCUT2D eigenvalue weighted by molar-refractivity contribution is 0.00315. The minimum Gasteiger partial charge on any atom is -0.494 e. The first-order valence-electron chi connectivity index (χ1n) is 10.8. The van der Waals surface area contributed by atoms with Gasteiger partial charge in [-0.05, 0) is 24.1 Å². The van der Waals surface area contributed by atoms with E-state index in [9.17, 15) is 5.11 Å². The van der Waals surface area contributed by atoms with Crippen LogP contribution in [0.1, 0.15) is 12.0 Å². The van der Waals surface area contributed by atoms with Crippen molar-refractivity contribution in [3.05, 3.63) is 60.4 Å². The van der Waals surface area contributed by atoms with E-state index in [1.165, 1.54) is 11.3 Å². The number of hydrogen-bond donors (Lipinski definition) is 3. The van der Waals surface area contributed by atoms with E-state index in [2.05, 4.69) is 31.7 Å². The Hall–Kier alpha value is -3.27. The summed E-state index contributed by atoms with van der Waals surface area (Å²) in [4.78, 5) is 13.7.